The SMILES string of the molecule is CCCc1ccc(C2CCC(/C=C/c3ccc(-c4ccc(CC)cc4)c(F)c3F)CC2)cc1F. The molecule has 1 fully saturated rings. The normalized spacial score (nSPS) is 18.5. The van der Waals surface area contributed by atoms with Gasteiger partial charge in [0.05, 0.1) is 0 Å². The van der Waals surface area contributed by atoms with Crippen LogP contribution >= 0.6 is 0 Å². The molecule has 1 aliphatic carbocycles. The van der Waals surface area contributed by atoms with Gasteiger partial charge in [-0.3, -0.25) is 0 Å². The molecular formula is C31H33F3. The zero-order chi connectivity index (χ0) is 24.1. The number of hydrogen-bond acceptors (Lipinski definition) is 0. The van der Waals surface area contributed by atoms with Crippen molar-refractivity contribution in [1.29, 1.82) is 0 Å². The van der Waals surface area contributed by atoms with Crippen molar-refractivity contribution in [2.45, 2.75) is 64.7 Å². The third kappa shape index (κ3) is 5.46. The van der Waals surface area contributed by atoms with Gasteiger partial charge in [-0.05, 0) is 78.7 Å². The van der Waals surface area contributed by atoms with Crippen molar-refractivity contribution in [2.24, 2.45) is 5.92 Å². The molecule has 0 saturated heterocycles. The molecule has 0 nitrogen and oxygen atoms in total. The van der Waals surface area contributed by atoms with Crippen molar-refractivity contribution in [2.75, 3.05) is 0 Å². The molecule has 0 amide bonds. The maximum atomic E-state index is 14.8. The molecule has 3 heteroatoms. The quantitative estimate of drug-likeness (QED) is 0.328. The number of halogens is 3. The molecule has 3 aromatic rings. The highest BCUT2D eigenvalue weighted by Gasteiger charge is 2.22. The summed E-state index contributed by atoms with van der Waals surface area (Å²) in [5.74, 6) is -1.01. The average molecular weight is 463 g/mol. The molecule has 0 unspecified atom stereocenters. The molecule has 0 spiro atoms. The summed E-state index contributed by atoms with van der Waals surface area (Å²) in [6.07, 6.45) is 10.2. The Morgan fingerprint density at radius 3 is 2.21 bits per heavy atom. The van der Waals surface area contributed by atoms with Crippen molar-refractivity contribution >= 4 is 6.08 Å². The molecule has 178 valence electrons. The van der Waals surface area contributed by atoms with E-state index in [1.165, 1.54) is 0 Å². The molecule has 0 atom stereocenters. The molecule has 4 rings (SSSR count). The smallest absolute Gasteiger partial charge is 0.167 e. The Labute approximate surface area is 201 Å². The molecule has 3 aromatic carbocycles. The highest BCUT2D eigenvalue weighted by molar-refractivity contribution is 5.67. The van der Waals surface area contributed by atoms with Crippen molar-refractivity contribution in [1.82, 2.24) is 0 Å². The largest absolute Gasteiger partial charge is 0.207 e. The van der Waals surface area contributed by atoms with E-state index in [2.05, 4.69) is 19.9 Å². The first-order chi connectivity index (χ1) is 16.5. The van der Waals surface area contributed by atoms with Gasteiger partial charge < -0.3 is 0 Å². The van der Waals surface area contributed by atoms with Gasteiger partial charge >= 0.3 is 0 Å². The number of rotatable bonds is 7. The van der Waals surface area contributed by atoms with Crippen LogP contribution in [0.4, 0.5) is 13.2 Å². The van der Waals surface area contributed by atoms with E-state index in [-0.39, 0.29) is 16.9 Å². The van der Waals surface area contributed by atoms with E-state index in [0.717, 1.165) is 61.6 Å². The van der Waals surface area contributed by atoms with Gasteiger partial charge in [0.2, 0.25) is 0 Å². The summed E-state index contributed by atoms with van der Waals surface area (Å²) in [6, 6.07) is 16.6. The topological polar surface area (TPSA) is 0 Å². The number of allylic oxidation sites excluding steroid dienone is 1. The van der Waals surface area contributed by atoms with E-state index in [1.807, 2.05) is 36.4 Å². The highest BCUT2D eigenvalue weighted by Crippen LogP contribution is 2.37. The second kappa shape index (κ2) is 11.1. The molecular weight excluding hydrogens is 429 g/mol. The molecule has 0 heterocycles. The molecule has 0 aromatic heterocycles. The second-order valence-electron chi connectivity index (χ2n) is 9.45. The highest BCUT2D eigenvalue weighted by atomic mass is 19.2. The van der Waals surface area contributed by atoms with Gasteiger partial charge in [-0.25, -0.2) is 13.2 Å². The van der Waals surface area contributed by atoms with E-state index < -0.39 is 11.6 Å². The Balaban J connectivity index is 1.40. The maximum Gasteiger partial charge on any atom is 0.167 e. The van der Waals surface area contributed by atoms with Crippen molar-refractivity contribution in [3.8, 4) is 11.1 Å². The van der Waals surface area contributed by atoms with Gasteiger partial charge in [0.1, 0.15) is 5.82 Å². The van der Waals surface area contributed by atoms with Crippen LogP contribution in [0.1, 0.15) is 74.1 Å². The summed E-state index contributed by atoms with van der Waals surface area (Å²) < 4.78 is 43.9. The molecule has 1 aliphatic rings. The fraction of sp³-hybridized carbons (Fsp3) is 0.355. The Morgan fingerprint density at radius 2 is 1.56 bits per heavy atom. The predicted octanol–water partition coefficient (Wildman–Crippen LogP) is 9.27. The Hall–Kier alpha value is -2.81. The zero-order valence-corrected chi connectivity index (χ0v) is 20.1. The van der Waals surface area contributed by atoms with Crippen molar-refractivity contribution in [3.63, 3.8) is 0 Å². The van der Waals surface area contributed by atoms with Crippen molar-refractivity contribution < 1.29 is 13.2 Å². The first-order valence-electron chi connectivity index (χ1n) is 12.5. The Kier molecular flexibility index (Phi) is 7.92. The van der Waals surface area contributed by atoms with Crippen LogP contribution in [0.15, 0.2) is 60.7 Å². The van der Waals surface area contributed by atoms with Gasteiger partial charge in [-0.15, -0.1) is 0 Å². The third-order valence-corrected chi connectivity index (χ3v) is 7.17. The van der Waals surface area contributed by atoms with Crippen LogP contribution in [0.25, 0.3) is 17.2 Å². The van der Waals surface area contributed by atoms with Crippen LogP contribution < -0.4 is 0 Å². The minimum Gasteiger partial charge on any atom is -0.207 e. The number of aryl methyl sites for hydroxylation is 2. The lowest BCUT2D eigenvalue weighted by Crippen LogP contribution is -2.12. The third-order valence-electron chi connectivity index (χ3n) is 7.17. The van der Waals surface area contributed by atoms with Crippen molar-refractivity contribution in [3.05, 3.63) is 100 Å². The summed E-state index contributed by atoms with van der Waals surface area (Å²) in [5, 5.41) is 0. The molecule has 34 heavy (non-hydrogen) atoms. The average Bonchev–Trinajstić information content (AvgIpc) is 2.87. The fourth-order valence-electron chi connectivity index (χ4n) is 5.01. The predicted molar refractivity (Wildman–Crippen MR) is 135 cm³/mol. The molecule has 1 saturated carbocycles. The summed E-state index contributed by atoms with van der Waals surface area (Å²) in [6.45, 7) is 4.12. The second-order valence-corrected chi connectivity index (χ2v) is 9.45. The van der Waals surface area contributed by atoms with Gasteiger partial charge in [0.25, 0.3) is 0 Å². The van der Waals surface area contributed by atoms with Gasteiger partial charge in [0, 0.05) is 11.1 Å². The van der Waals surface area contributed by atoms with E-state index >= 15 is 0 Å². The van der Waals surface area contributed by atoms with Crippen LogP contribution in [-0.2, 0) is 12.8 Å². The van der Waals surface area contributed by atoms with E-state index in [9.17, 15) is 13.2 Å². The molecule has 0 bridgehead atoms. The number of hydrogen-bond donors (Lipinski definition) is 0. The Bertz CT molecular complexity index is 1140. The van der Waals surface area contributed by atoms with E-state index in [4.69, 9.17) is 0 Å². The summed E-state index contributed by atoms with van der Waals surface area (Å²) in [7, 11) is 0. The van der Waals surface area contributed by atoms with Gasteiger partial charge in [-0.1, -0.05) is 81.0 Å². The minimum absolute atomic E-state index is 0.0939. The summed E-state index contributed by atoms with van der Waals surface area (Å²) in [4.78, 5) is 0. The minimum atomic E-state index is -0.802. The van der Waals surface area contributed by atoms with Crippen LogP contribution in [0.3, 0.4) is 0 Å². The van der Waals surface area contributed by atoms with E-state index in [0.29, 0.717) is 17.4 Å². The Morgan fingerprint density at radius 1 is 0.824 bits per heavy atom. The zero-order valence-electron chi connectivity index (χ0n) is 20.1. The maximum absolute atomic E-state index is 14.8. The molecule has 0 aliphatic heterocycles. The van der Waals surface area contributed by atoms with E-state index in [1.54, 1.807) is 24.3 Å². The van der Waals surface area contributed by atoms with Crippen LogP contribution in [-0.4, -0.2) is 0 Å². The number of benzene rings is 3. The fourth-order valence-corrected chi connectivity index (χ4v) is 5.01. The summed E-state index contributed by atoms with van der Waals surface area (Å²) >= 11 is 0. The lowest BCUT2D eigenvalue weighted by Gasteiger charge is -2.27. The van der Waals surface area contributed by atoms with Crippen LogP contribution in [0.5, 0.6) is 0 Å². The van der Waals surface area contributed by atoms with Gasteiger partial charge in [0.15, 0.2) is 11.6 Å². The standard InChI is InChI=1S/C31H33F3/c1-3-5-25-16-17-27(20-29(25)32)23-11-8-22(9-12-23)10-15-26-18-19-28(31(34)30(26)33)24-13-6-21(4-2)7-14-24/h6-7,10,13-20,22-23H,3-5,8-9,11-12H2,1-2H3/b15-10+. The first kappa shape index (κ1) is 24.3. The lowest BCUT2D eigenvalue weighted by atomic mass is 9.78. The first-order valence-corrected chi connectivity index (χ1v) is 12.5. The summed E-state index contributed by atoms with van der Waals surface area (Å²) in [5.41, 5.74) is 4.29. The lowest BCUT2D eigenvalue weighted by molar-refractivity contribution is 0.376. The monoisotopic (exact) mass is 462 g/mol. The molecule has 0 N–H and O–H groups in total. The van der Waals surface area contributed by atoms with Gasteiger partial charge in [-0.2, -0.15) is 0 Å². The van der Waals surface area contributed by atoms with Crippen LogP contribution in [0.2, 0.25) is 0 Å². The van der Waals surface area contributed by atoms with Crippen LogP contribution in [0, 0.1) is 23.4 Å². The molecule has 0 radical (unpaired) electrons.